The van der Waals surface area contributed by atoms with Gasteiger partial charge < -0.3 is 9.72 Å². The first-order valence-corrected chi connectivity index (χ1v) is 6.43. The largest absolute Gasteiger partial charge is 0.465 e. The minimum absolute atomic E-state index is 0.293. The summed E-state index contributed by atoms with van der Waals surface area (Å²) in [6.07, 6.45) is 1.65. The first-order chi connectivity index (χ1) is 9.58. The predicted octanol–water partition coefficient (Wildman–Crippen LogP) is 1.28. The summed E-state index contributed by atoms with van der Waals surface area (Å²) in [4.78, 5) is 38.2. The van der Waals surface area contributed by atoms with Gasteiger partial charge in [-0.1, -0.05) is 13.3 Å². The Kier molecular flexibility index (Phi) is 4.02. The number of nitrogens with one attached hydrogen (secondary N) is 1. The molecule has 0 spiro atoms. The number of fused-ring (bicyclic) bond motifs is 1. The summed E-state index contributed by atoms with van der Waals surface area (Å²) in [5.74, 6) is -0.511. The summed E-state index contributed by atoms with van der Waals surface area (Å²) >= 11 is 0. The van der Waals surface area contributed by atoms with E-state index in [4.69, 9.17) is 0 Å². The Morgan fingerprint density at radius 1 is 1.35 bits per heavy atom. The number of rotatable bonds is 4. The highest BCUT2D eigenvalue weighted by Crippen LogP contribution is 2.10. The molecule has 1 N–H and O–H groups in total. The quantitative estimate of drug-likeness (QED) is 0.853. The second-order valence-electron chi connectivity index (χ2n) is 4.49. The highest BCUT2D eigenvalue weighted by Gasteiger charge is 2.11. The molecule has 20 heavy (non-hydrogen) atoms. The highest BCUT2D eigenvalue weighted by atomic mass is 16.5. The number of aromatic nitrogens is 2. The minimum atomic E-state index is -0.511. The molecule has 0 bridgehead atoms. The number of ether oxygens (including phenoxy) is 1. The van der Waals surface area contributed by atoms with Crippen LogP contribution in [0.2, 0.25) is 0 Å². The number of H-pyrrole nitrogens is 1. The average Bonchev–Trinajstić information content (AvgIpc) is 2.45. The second-order valence-corrected chi connectivity index (χ2v) is 4.49. The lowest BCUT2D eigenvalue weighted by molar-refractivity contribution is 0.0601. The topological polar surface area (TPSA) is 81.2 Å². The van der Waals surface area contributed by atoms with Crippen molar-refractivity contribution in [3.05, 3.63) is 44.6 Å². The molecule has 0 atom stereocenters. The number of hydrogen-bond acceptors (Lipinski definition) is 4. The Hall–Kier alpha value is -2.37. The van der Waals surface area contributed by atoms with E-state index >= 15 is 0 Å². The van der Waals surface area contributed by atoms with E-state index in [1.54, 1.807) is 0 Å². The Balaban J connectivity index is 2.61. The van der Waals surface area contributed by atoms with Crippen molar-refractivity contribution in [1.82, 2.24) is 9.55 Å². The maximum Gasteiger partial charge on any atom is 0.337 e. The van der Waals surface area contributed by atoms with Crippen molar-refractivity contribution in [3.8, 4) is 0 Å². The Morgan fingerprint density at radius 2 is 2.10 bits per heavy atom. The number of nitrogens with zero attached hydrogens (tertiary/aromatic N) is 1. The molecule has 6 heteroatoms. The van der Waals surface area contributed by atoms with Crippen LogP contribution in [-0.4, -0.2) is 22.6 Å². The van der Waals surface area contributed by atoms with E-state index in [9.17, 15) is 14.4 Å². The summed E-state index contributed by atoms with van der Waals surface area (Å²) in [7, 11) is 1.28. The minimum Gasteiger partial charge on any atom is -0.465 e. The molecule has 0 aliphatic heterocycles. The van der Waals surface area contributed by atoms with E-state index < -0.39 is 11.7 Å². The fourth-order valence-corrected chi connectivity index (χ4v) is 2.02. The van der Waals surface area contributed by atoms with Crippen molar-refractivity contribution < 1.29 is 9.53 Å². The summed E-state index contributed by atoms with van der Waals surface area (Å²) in [5.41, 5.74) is -0.163. The standard InChI is InChI=1S/C14H16N2O4/c1-3-4-7-16-12(17)10-6-5-9(13(18)20-2)8-11(10)15-14(16)19/h5-6,8H,3-4,7H2,1-2H3,(H,15,19). The monoisotopic (exact) mass is 276 g/mol. The van der Waals surface area contributed by atoms with Gasteiger partial charge in [-0.2, -0.15) is 0 Å². The maximum absolute atomic E-state index is 12.2. The van der Waals surface area contributed by atoms with E-state index in [0.717, 1.165) is 12.8 Å². The molecule has 6 nitrogen and oxygen atoms in total. The van der Waals surface area contributed by atoms with Crippen molar-refractivity contribution >= 4 is 16.9 Å². The zero-order chi connectivity index (χ0) is 14.7. The van der Waals surface area contributed by atoms with Gasteiger partial charge >= 0.3 is 11.7 Å². The van der Waals surface area contributed by atoms with Crippen LogP contribution in [0, 0.1) is 0 Å². The molecule has 0 amide bonds. The normalized spacial score (nSPS) is 10.7. The van der Waals surface area contributed by atoms with Crippen molar-refractivity contribution in [2.45, 2.75) is 26.3 Å². The van der Waals surface area contributed by atoms with Gasteiger partial charge in [-0.05, 0) is 24.6 Å². The van der Waals surface area contributed by atoms with E-state index in [0.29, 0.717) is 23.0 Å². The number of benzene rings is 1. The van der Waals surface area contributed by atoms with Gasteiger partial charge in [-0.3, -0.25) is 9.36 Å². The number of esters is 1. The van der Waals surface area contributed by atoms with Crippen molar-refractivity contribution in [2.75, 3.05) is 7.11 Å². The maximum atomic E-state index is 12.2. The van der Waals surface area contributed by atoms with Crippen LogP contribution in [-0.2, 0) is 11.3 Å². The number of carbonyl (C=O) groups is 1. The van der Waals surface area contributed by atoms with Crippen LogP contribution in [0.1, 0.15) is 30.1 Å². The van der Waals surface area contributed by atoms with Gasteiger partial charge in [0, 0.05) is 6.54 Å². The Morgan fingerprint density at radius 3 is 2.75 bits per heavy atom. The molecule has 0 aliphatic carbocycles. The highest BCUT2D eigenvalue weighted by molar-refractivity contribution is 5.93. The number of carbonyl (C=O) groups excluding carboxylic acids is 1. The lowest BCUT2D eigenvalue weighted by atomic mass is 10.1. The van der Waals surface area contributed by atoms with Crippen LogP contribution < -0.4 is 11.2 Å². The smallest absolute Gasteiger partial charge is 0.337 e. The molecule has 1 aromatic heterocycles. The molecule has 0 unspecified atom stereocenters. The SMILES string of the molecule is CCCCn1c(=O)[nH]c2cc(C(=O)OC)ccc2c1=O. The van der Waals surface area contributed by atoms with Gasteiger partial charge in [0.1, 0.15) is 0 Å². The van der Waals surface area contributed by atoms with Crippen LogP contribution in [0.15, 0.2) is 27.8 Å². The van der Waals surface area contributed by atoms with Crippen LogP contribution >= 0.6 is 0 Å². The number of unbranched alkanes of at least 4 members (excludes halogenated alkanes) is 1. The van der Waals surface area contributed by atoms with E-state index in [1.165, 1.54) is 29.9 Å². The second kappa shape index (κ2) is 5.73. The molecule has 2 aromatic rings. The molecule has 0 radical (unpaired) electrons. The summed E-state index contributed by atoms with van der Waals surface area (Å²) < 4.78 is 5.79. The number of aromatic amines is 1. The number of methoxy groups -OCH3 is 1. The van der Waals surface area contributed by atoms with Gasteiger partial charge in [0.25, 0.3) is 5.56 Å². The molecule has 2 rings (SSSR count). The van der Waals surface area contributed by atoms with Crippen molar-refractivity contribution in [3.63, 3.8) is 0 Å². The fraction of sp³-hybridized carbons (Fsp3) is 0.357. The van der Waals surface area contributed by atoms with E-state index in [-0.39, 0.29) is 5.56 Å². The van der Waals surface area contributed by atoms with Gasteiger partial charge in [-0.15, -0.1) is 0 Å². The first kappa shape index (κ1) is 14.0. The first-order valence-electron chi connectivity index (χ1n) is 6.43. The third-order valence-electron chi connectivity index (χ3n) is 3.14. The molecule has 1 aromatic carbocycles. The lowest BCUT2D eigenvalue weighted by Crippen LogP contribution is -2.35. The summed E-state index contributed by atoms with van der Waals surface area (Å²) in [6.45, 7) is 2.38. The average molecular weight is 276 g/mol. The molecular weight excluding hydrogens is 260 g/mol. The van der Waals surface area contributed by atoms with E-state index in [2.05, 4.69) is 9.72 Å². The Labute approximate surface area is 115 Å². The molecule has 0 saturated carbocycles. The fourth-order valence-electron chi connectivity index (χ4n) is 2.02. The van der Waals surface area contributed by atoms with Gasteiger partial charge in [0.2, 0.25) is 0 Å². The van der Waals surface area contributed by atoms with Crippen LogP contribution in [0.4, 0.5) is 0 Å². The van der Waals surface area contributed by atoms with Gasteiger partial charge in [0.15, 0.2) is 0 Å². The molecule has 1 heterocycles. The third-order valence-corrected chi connectivity index (χ3v) is 3.14. The molecule has 0 fully saturated rings. The Bertz CT molecular complexity index is 758. The van der Waals surface area contributed by atoms with Crippen LogP contribution in [0.3, 0.4) is 0 Å². The van der Waals surface area contributed by atoms with Crippen molar-refractivity contribution in [1.29, 1.82) is 0 Å². The van der Waals surface area contributed by atoms with Gasteiger partial charge in [-0.25, -0.2) is 9.59 Å². The molecule has 0 saturated heterocycles. The van der Waals surface area contributed by atoms with Crippen LogP contribution in [0.25, 0.3) is 10.9 Å². The lowest BCUT2D eigenvalue weighted by Gasteiger charge is -2.06. The van der Waals surface area contributed by atoms with Gasteiger partial charge in [0.05, 0.1) is 23.6 Å². The van der Waals surface area contributed by atoms with Crippen molar-refractivity contribution in [2.24, 2.45) is 0 Å². The molecular formula is C14H16N2O4. The number of hydrogen-bond donors (Lipinski definition) is 1. The molecule has 0 aliphatic rings. The summed E-state index contributed by atoms with van der Waals surface area (Å²) in [6, 6.07) is 4.49. The predicted molar refractivity (Wildman–Crippen MR) is 75.1 cm³/mol. The van der Waals surface area contributed by atoms with E-state index in [1.807, 2.05) is 6.92 Å². The zero-order valence-corrected chi connectivity index (χ0v) is 11.4. The van der Waals surface area contributed by atoms with Crippen LogP contribution in [0.5, 0.6) is 0 Å². The zero-order valence-electron chi connectivity index (χ0n) is 11.4. The summed E-state index contributed by atoms with van der Waals surface area (Å²) in [5, 5.41) is 0.383. The third kappa shape index (κ3) is 2.49. The molecule has 106 valence electrons.